The Morgan fingerprint density at radius 3 is 1.36 bits per heavy atom. The van der Waals surface area contributed by atoms with Crippen molar-refractivity contribution in [2.24, 2.45) is 26.7 Å². The number of hydrogen-bond acceptors (Lipinski definition) is 7. The number of aromatic nitrogens is 3. The molecule has 0 radical (unpaired) electrons. The first-order valence-electron chi connectivity index (χ1n) is 21.0. The summed E-state index contributed by atoms with van der Waals surface area (Å²) in [6, 6.07) is 8.12. The van der Waals surface area contributed by atoms with Gasteiger partial charge in [0, 0.05) is 26.7 Å². The van der Waals surface area contributed by atoms with Crippen LogP contribution in [0.1, 0.15) is 149 Å². The van der Waals surface area contributed by atoms with Crippen molar-refractivity contribution in [3.63, 3.8) is 0 Å². The van der Waals surface area contributed by atoms with Gasteiger partial charge in [-0.05, 0) is 70.5 Å². The molecule has 3 rings (SSSR count). The van der Waals surface area contributed by atoms with Gasteiger partial charge in [-0.25, -0.2) is 28.1 Å². The van der Waals surface area contributed by atoms with Crippen LogP contribution in [0.15, 0.2) is 69.0 Å². The summed E-state index contributed by atoms with van der Waals surface area (Å²) >= 11 is 0. The Morgan fingerprint density at radius 2 is 1.03 bits per heavy atom. The van der Waals surface area contributed by atoms with Crippen LogP contribution in [-0.2, 0) is 29.8 Å². The second kappa shape index (κ2) is 26.4. The van der Waals surface area contributed by atoms with Crippen LogP contribution in [0.5, 0.6) is 5.75 Å². The number of hydrogen-bond donors (Lipinski definition) is 0. The first kappa shape index (κ1) is 56.4. The van der Waals surface area contributed by atoms with Gasteiger partial charge in [0.2, 0.25) is 0 Å². The Bertz CT molecular complexity index is 1570. The average Bonchev–Trinajstić information content (AvgIpc) is 3.57. The maximum Gasteiger partial charge on any atom is 0.336 e. The van der Waals surface area contributed by atoms with Gasteiger partial charge >= 0.3 is 17.1 Å². The summed E-state index contributed by atoms with van der Waals surface area (Å²) in [5.41, 5.74) is 1.33. The molecule has 0 saturated heterocycles. The van der Waals surface area contributed by atoms with Gasteiger partial charge in [0.1, 0.15) is 5.75 Å². The molecule has 0 amide bonds. The molecule has 10 nitrogen and oxygen atoms in total. The van der Waals surface area contributed by atoms with E-state index < -0.39 is 17.1 Å². The Hall–Kier alpha value is -3.66. The lowest BCUT2D eigenvalue weighted by molar-refractivity contribution is 0.0511. The van der Waals surface area contributed by atoms with Gasteiger partial charge in [0.05, 0.1) is 26.0 Å². The molecular formula is C48H87N5O5. The lowest BCUT2D eigenvalue weighted by atomic mass is 9.87. The van der Waals surface area contributed by atoms with Gasteiger partial charge in [-0.2, -0.15) is 0 Å². The predicted octanol–water partition coefficient (Wildman–Crippen LogP) is 10.6. The van der Waals surface area contributed by atoms with Gasteiger partial charge in [0.15, 0.2) is 6.79 Å². The van der Waals surface area contributed by atoms with Gasteiger partial charge in [-0.1, -0.05) is 142 Å². The first-order chi connectivity index (χ1) is 26.3. The summed E-state index contributed by atoms with van der Waals surface area (Å²) < 4.78 is 13.3. The number of ether oxygens (including phenoxy) is 2. The van der Waals surface area contributed by atoms with Crippen molar-refractivity contribution >= 4 is 6.34 Å². The third kappa shape index (κ3) is 30.4. The zero-order valence-electron chi connectivity index (χ0n) is 40.5. The fraction of sp³-hybridized carbons (Fsp3) is 0.708. The molecule has 58 heavy (non-hydrogen) atoms. The number of nitrogens with zero attached hydrogens (tertiary/aromatic N) is 5. The summed E-state index contributed by atoms with van der Waals surface area (Å²) in [4.78, 5) is 43.4. The van der Waals surface area contributed by atoms with Crippen LogP contribution in [0.3, 0.4) is 0 Å². The topological polar surface area (TPSA) is 100 Å². The monoisotopic (exact) mass is 814 g/mol. The number of rotatable bonds is 13. The quantitative estimate of drug-likeness (QED) is 0.147. The van der Waals surface area contributed by atoms with Crippen molar-refractivity contribution in [1.29, 1.82) is 0 Å². The number of benzene rings is 1. The van der Waals surface area contributed by atoms with Crippen LogP contribution in [-0.4, -0.2) is 58.5 Å². The Labute approximate surface area is 354 Å². The molecule has 0 N–H and O–H groups in total. The van der Waals surface area contributed by atoms with Crippen molar-refractivity contribution in [3.05, 3.63) is 86.6 Å². The molecule has 2 heterocycles. The lowest BCUT2D eigenvalue weighted by Gasteiger charge is -2.20. The van der Waals surface area contributed by atoms with E-state index in [4.69, 9.17) is 9.47 Å². The molecule has 0 aliphatic carbocycles. The standard InChI is InChI=1S/C16H25N3O3.C12H18O2.C10H20N2.2C5H12/c1-6-10-17-13(20)18(11-7-2)15(22)19(14(17)21)12-8-9-16(3,4)5;1-12(2,3)10-5-7-11(8-6-10)14-9-13-4;1-10(2,3)5-4-7-12-8-6-11-9-12;2*1-5(2,3)4/h6-7H,1-2,8-12H2,3-5H3;5-8H,9H2,1-4H3;9H,4-8H2,1-3H3;2*1-4H3. The maximum absolute atomic E-state index is 12.4. The van der Waals surface area contributed by atoms with E-state index in [-0.39, 0.29) is 23.9 Å². The third-order valence-corrected chi connectivity index (χ3v) is 7.51. The van der Waals surface area contributed by atoms with Crippen molar-refractivity contribution in [2.75, 3.05) is 33.5 Å². The summed E-state index contributed by atoms with van der Waals surface area (Å²) in [6.07, 6.45) is 9.07. The van der Waals surface area contributed by atoms with E-state index in [2.05, 4.69) is 153 Å². The highest BCUT2D eigenvalue weighted by Crippen LogP contribution is 2.24. The fourth-order valence-corrected chi connectivity index (χ4v) is 4.79. The Morgan fingerprint density at radius 1 is 0.638 bits per heavy atom. The molecule has 0 spiro atoms. The van der Waals surface area contributed by atoms with Crippen molar-refractivity contribution in [3.8, 4) is 5.75 Å². The molecule has 10 heteroatoms. The summed E-state index contributed by atoms with van der Waals surface area (Å²) in [6.45, 7) is 48.4. The Balaban J connectivity index is 0. The van der Waals surface area contributed by atoms with E-state index in [0.717, 1.165) is 39.0 Å². The maximum atomic E-state index is 12.4. The molecule has 0 saturated carbocycles. The smallest absolute Gasteiger partial charge is 0.336 e. The zero-order chi connectivity index (χ0) is 45.5. The molecule has 0 atom stereocenters. The van der Waals surface area contributed by atoms with Crippen molar-refractivity contribution in [2.45, 2.75) is 168 Å². The van der Waals surface area contributed by atoms with Gasteiger partial charge in [-0.15, -0.1) is 13.2 Å². The summed E-state index contributed by atoms with van der Waals surface area (Å²) in [7, 11) is 1.61. The molecule has 1 aromatic heterocycles. The highest BCUT2D eigenvalue weighted by molar-refractivity contribution is 5.56. The van der Waals surface area contributed by atoms with Crippen LogP contribution in [0.25, 0.3) is 0 Å². The highest BCUT2D eigenvalue weighted by atomic mass is 16.7. The number of methoxy groups -OCH3 is 1. The van der Waals surface area contributed by atoms with E-state index in [1.165, 1.54) is 37.1 Å². The molecule has 334 valence electrons. The molecule has 1 aliphatic heterocycles. The minimum atomic E-state index is -0.623. The summed E-state index contributed by atoms with van der Waals surface area (Å²) in [5, 5.41) is 0. The van der Waals surface area contributed by atoms with Gasteiger partial charge in [0.25, 0.3) is 0 Å². The van der Waals surface area contributed by atoms with E-state index in [9.17, 15) is 14.4 Å². The number of aliphatic imine (C=N–C) groups is 1. The van der Waals surface area contributed by atoms with Crippen molar-refractivity contribution in [1.82, 2.24) is 18.6 Å². The zero-order valence-corrected chi connectivity index (χ0v) is 40.5. The van der Waals surface area contributed by atoms with Gasteiger partial charge in [-0.3, -0.25) is 4.99 Å². The SMILES string of the molecule is C=CCn1c(=O)n(CC=C)c(=O)n(CCCC(C)(C)C)c1=O.CC(C)(C)C.CC(C)(C)C.CC(C)(C)CCCN1C=NCC1.COCOc1ccc(C(C)(C)C)cc1. The molecule has 0 bridgehead atoms. The van der Waals surface area contributed by atoms with Crippen LogP contribution < -0.4 is 21.8 Å². The van der Waals surface area contributed by atoms with E-state index >= 15 is 0 Å². The molecule has 1 aliphatic rings. The molecule has 1 aromatic carbocycles. The van der Waals surface area contributed by atoms with Crippen LogP contribution >= 0.6 is 0 Å². The molecule has 0 unspecified atom stereocenters. The summed E-state index contributed by atoms with van der Waals surface area (Å²) in [5.74, 6) is 0.847. The van der Waals surface area contributed by atoms with Crippen LogP contribution in [0, 0.1) is 21.7 Å². The first-order valence-corrected chi connectivity index (χ1v) is 21.0. The predicted molar refractivity (Wildman–Crippen MR) is 250 cm³/mol. The average molecular weight is 814 g/mol. The molecule has 0 fully saturated rings. The second-order valence-corrected chi connectivity index (χ2v) is 21.5. The Kier molecular flexibility index (Phi) is 25.7. The second-order valence-electron chi connectivity index (χ2n) is 21.5. The minimum Gasteiger partial charge on any atom is -0.468 e. The normalized spacial score (nSPS) is 12.8. The third-order valence-electron chi connectivity index (χ3n) is 7.51. The molecule has 2 aromatic rings. The van der Waals surface area contributed by atoms with Gasteiger partial charge < -0.3 is 14.4 Å². The van der Waals surface area contributed by atoms with E-state index in [0.29, 0.717) is 36.0 Å². The van der Waals surface area contributed by atoms with Crippen LogP contribution in [0.4, 0.5) is 0 Å². The lowest BCUT2D eigenvalue weighted by Crippen LogP contribution is -2.54. The molecular weight excluding hydrogens is 727 g/mol. The van der Waals surface area contributed by atoms with Crippen molar-refractivity contribution < 1.29 is 9.47 Å². The highest BCUT2D eigenvalue weighted by Gasteiger charge is 2.16. The number of allylic oxidation sites excluding steroid dienone is 2. The fourth-order valence-electron chi connectivity index (χ4n) is 4.79. The van der Waals surface area contributed by atoms with E-state index in [1.807, 2.05) is 18.5 Å². The van der Waals surface area contributed by atoms with Crippen LogP contribution in [0.2, 0.25) is 0 Å². The minimum absolute atomic E-state index is 0.0777. The largest absolute Gasteiger partial charge is 0.468 e. The van der Waals surface area contributed by atoms with E-state index in [1.54, 1.807) is 7.11 Å².